The smallest absolute Gasteiger partial charge is 0.264 e. The normalized spacial score (nSPS) is 10.9. The molecule has 3 aromatic rings. The monoisotopic (exact) mass is 504 g/mol. The number of methoxy groups -OCH3 is 3. The van der Waals surface area contributed by atoms with Gasteiger partial charge in [-0.1, -0.05) is 35.9 Å². The van der Waals surface area contributed by atoms with E-state index in [0.29, 0.717) is 27.8 Å². The molecule has 10 heteroatoms. The van der Waals surface area contributed by atoms with Crippen molar-refractivity contribution >= 4 is 33.2 Å². The maximum Gasteiger partial charge on any atom is 0.264 e. The molecule has 180 valence electrons. The van der Waals surface area contributed by atoms with Gasteiger partial charge in [-0.15, -0.1) is 0 Å². The average Bonchev–Trinajstić information content (AvgIpc) is 2.85. The van der Waals surface area contributed by atoms with Gasteiger partial charge in [-0.05, 0) is 48.0 Å². The molecular formula is C24H25ClN2O6S. The van der Waals surface area contributed by atoms with Crippen LogP contribution in [-0.2, 0) is 21.4 Å². The van der Waals surface area contributed by atoms with E-state index in [1.54, 1.807) is 48.5 Å². The summed E-state index contributed by atoms with van der Waals surface area (Å²) in [6, 6.07) is 17.6. The molecule has 0 aliphatic heterocycles. The molecule has 3 aromatic carbocycles. The van der Waals surface area contributed by atoms with E-state index in [-0.39, 0.29) is 17.1 Å². The highest BCUT2D eigenvalue weighted by molar-refractivity contribution is 7.92. The van der Waals surface area contributed by atoms with Crippen LogP contribution in [0.4, 0.5) is 5.69 Å². The molecule has 0 spiro atoms. The second kappa shape index (κ2) is 11.1. The number of ether oxygens (including phenoxy) is 3. The number of nitrogens with zero attached hydrogens (tertiary/aromatic N) is 1. The number of carbonyl (C=O) groups is 1. The Morgan fingerprint density at radius 2 is 1.56 bits per heavy atom. The molecule has 0 bridgehead atoms. The van der Waals surface area contributed by atoms with Crippen LogP contribution in [0.15, 0.2) is 71.6 Å². The van der Waals surface area contributed by atoms with Crippen molar-refractivity contribution in [3.8, 4) is 17.2 Å². The third kappa shape index (κ3) is 5.73. The lowest BCUT2D eigenvalue weighted by molar-refractivity contribution is -0.119. The summed E-state index contributed by atoms with van der Waals surface area (Å²) in [5.41, 5.74) is 0.961. The van der Waals surface area contributed by atoms with Gasteiger partial charge in [-0.2, -0.15) is 0 Å². The number of benzene rings is 3. The van der Waals surface area contributed by atoms with E-state index in [9.17, 15) is 13.2 Å². The lowest BCUT2D eigenvalue weighted by Crippen LogP contribution is -2.40. The van der Waals surface area contributed by atoms with Crippen molar-refractivity contribution in [2.75, 3.05) is 32.2 Å². The average molecular weight is 505 g/mol. The Hall–Kier alpha value is -3.43. The third-order valence-electron chi connectivity index (χ3n) is 4.93. The van der Waals surface area contributed by atoms with E-state index in [1.807, 2.05) is 0 Å². The highest BCUT2D eigenvalue weighted by Gasteiger charge is 2.27. The van der Waals surface area contributed by atoms with Crippen LogP contribution in [0, 0.1) is 0 Å². The number of anilines is 1. The predicted octanol–water partition coefficient (Wildman–Crippen LogP) is 3.88. The van der Waals surface area contributed by atoms with E-state index < -0.39 is 22.5 Å². The SMILES string of the molecule is COc1cc(CNC(=O)CN(c2cccc(Cl)c2)S(=O)(=O)c2ccccc2)cc(OC)c1OC. The second-order valence-corrected chi connectivity index (χ2v) is 9.41. The highest BCUT2D eigenvalue weighted by atomic mass is 35.5. The van der Waals surface area contributed by atoms with Gasteiger partial charge in [0.25, 0.3) is 10.0 Å². The summed E-state index contributed by atoms with van der Waals surface area (Å²) < 4.78 is 43.7. The molecule has 34 heavy (non-hydrogen) atoms. The summed E-state index contributed by atoms with van der Waals surface area (Å²) in [7, 11) is 0.471. The van der Waals surface area contributed by atoms with Gasteiger partial charge in [0.05, 0.1) is 31.9 Å². The number of hydrogen-bond donors (Lipinski definition) is 1. The van der Waals surface area contributed by atoms with Crippen molar-refractivity contribution in [1.29, 1.82) is 0 Å². The van der Waals surface area contributed by atoms with Crippen LogP contribution >= 0.6 is 11.6 Å². The first kappa shape index (κ1) is 25.2. The van der Waals surface area contributed by atoms with Gasteiger partial charge < -0.3 is 19.5 Å². The van der Waals surface area contributed by atoms with Gasteiger partial charge in [0.2, 0.25) is 11.7 Å². The van der Waals surface area contributed by atoms with Crippen LogP contribution < -0.4 is 23.8 Å². The molecule has 0 atom stereocenters. The topological polar surface area (TPSA) is 94.2 Å². The molecule has 0 radical (unpaired) electrons. The van der Waals surface area contributed by atoms with Crippen LogP contribution in [0.2, 0.25) is 5.02 Å². The van der Waals surface area contributed by atoms with E-state index in [2.05, 4.69) is 5.32 Å². The summed E-state index contributed by atoms with van der Waals surface area (Å²) in [5.74, 6) is 0.811. The largest absolute Gasteiger partial charge is 0.493 e. The molecule has 0 unspecified atom stereocenters. The van der Waals surface area contributed by atoms with E-state index in [1.165, 1.54) is 39.5 Å². The Morgan fingerprint density at radius 1 is 0.912 bits per heavy atom. The maximum atomic E-state index is 13.3. The Kier molecular flexibility index (Phi) is 8.25. The summed E-state index contributed by atoms with van der Waals surface area (Å²) in [6.07, 6.45) is 0. The van der Waals surface area contributed by atoms with Gasteiger partial charge in [0.15, 0.2) is 11.5 Å². The van der Waals surface area contributed by atoms with Crippen LogP contribution in [0.1, 0.15) is 5.56 Å². The molecule has 0 aliphatic rings. The number of hydrogen-bond acceptors (Lipinski definition) is 6. The number of carbonyl (C=O) groups excluding carboxylic acids is 1. The summed E-state index contributed by atoms with van der Waals surface area (Å²) in [5, 5.41) is 3.10. The zero-order chi connectivity index (χ0) is 24.7. The number of sulfonamides is 1. The number of halogens is 1. The van der Waals surface area contributed by atoms with Crippen molar-refractivity contribution in [1.82, 2.24) is 5.32 Å². The van der Waals surface area contributed by atoms with E-state index in [0.717, 1.165) is 4.31 Å². The van der Waals surface area contributed by atoms with E-state index in [4.69, 9.17) is 25.8 Å². The highest BCUT2D eigenvalue weighted by Crippen LogP contribution is 2.38. The van der Waals surface area contributed by atoms with Crippen LogP contribution in [0.5, 0.6) is 17.2 Å². The minimum atomic E-state index is -4.02. The first-order valence-corrected chi connectivity index (χ1v) is 12.0. The fraction of sp³-hybridized carbons (Fsp3) is 0.208. The van der Waals surface area contributed by atoms with Gasteiger partial charge in [-0.3, -0.25) is 9.10 Å². The van der Waals surface area contributed by atoms with Crippen molar-refractivity contribution in [3.05, 3.63) is 77.3 Å². The number of rotatable bonds is 10. The minimum Gasteiger partial charge on any atom is -0.493 e. The summed E-state index contributed by atoms with van der Waals surface area (Å²) in [6.45, 7) is -0.327. The van der Waals surface area contributed by atoms with Crippen LogP contribution in [-0.4, -0.2) is 42.2 Å². The van der Waals surface area contributed by atoms with Crippen molar-refractivity contribution in [2.45, 2.75) is 11.4 Å². The molecule has 0 heterocycles. The van der Waals surface area contributed by atoms with Crippen molar-refractivity contribution < 1.29 is 27.4 Å². The fourth-order valence-corrected chi connectivity index (χ4v) is 4.91. The van der Waals surface area contributed by atoms with Crippen LogP contribution in [0.3, 0.4) is 0 Å². The molecule has 1 N–H and O–H groups in total. The molecule has 0 fully saturated rings. The van der Waals surface area contributed by atoms with Gasteiger partial charge >= 0.3 is 0 Å². The zero-order valence-electron chi connectivity index (χ0n) is 18.9. The molecule has 3 rings (SSSR count). The quantitative estimate of drug-likeness (QED) is 0.450. The van der Waals surface area contributed by atoms with E-state index >= 15 is 0 Å². The molecule has 1 amide bonds. The molecule has 0 saturated carbocycles. The maximum absolute atomic E-state index is 13.3. The Labute approximate surface area is 204 Å². The Bertz CT molecular complexity index is 1230. The lowest BCUT2D eigenvalue weighted by Gasteiger charge is -2.24. The Morgan fingerprint density at radius 3 is 2.12 bits per heavy atom. The minimum absolute atomic E-state index is 0.0624. The first-order valence-electron chi connectivity index (χ1n) is 10.2. The van der Waals surface area contributed by atoms with Gasteiger partial charge in [0.1, 0.15) is 6.54 Å². The third-order valence-corrected chi connectivity index (χ3v) is 6.95. The molecule has 8 nitrogen and oxygen atoms in total. The molecule has 0 aliphatic carbocycles. The predicted molar refractivity (Wildman–Crippen MR) is 130 cm³/mol. The molecular weight excluding hydrogens is 480 g/mol. The molecule has 0 saturated heterocycles. The number of nitrogens with one attached hydrogen (secondary N) is 1. The zero-order valence-corrected chi connectivity index (χ0v) is 20.5. The number of amides is 1. The first-order chi connectivity index (χ1) is 16.3. The van der Waals surface area contributed by atoms with Gasteiger partial charge in [0, 0.05) is 11.6 Å². The second-order valence-electron chi connectivity index (χ2n) is 7.11. The Balaban J connectivity index is 1.84. The van der Waals surface area contributed by atoms with Crippen molar-refractivity contribution in [2.24, 2.45) is 0 Å². The van der Waals surface area contributed by atoms with Crippen LogP contribution in [0.25, 0.3) is 0 Å². The lowest BCUT2D eigenvalue weighted by atomic mass is 10.1. The van der Waals surface area contributed by atoms with Crippen molar-refractivity contribution in [3.63, 3.8) is 0 Å². The molecule has 0 aromatic heterocycles. The van der Waals surface area contributed by atoms with Gasteiger partial charge in [-0.25, -0.2) is 8.42 Å². The summed E-state index contributed by atoms with van der Waals surface area (Å²) in [4.78, 5) is 12.9. The summed E-state index contributed by atoms with van der Waals surface area (Å²) >= 11 is 6.09. The standard InChI is InChI=1S/C24H25ClN2O6S/c1-31-21-12-17(13-22(32-2)24(21)33-3)15-26-23(28)16-27(19-9-7-8-18(25)14-19)34(29,30)20-10-5-4-6-11-20/h4-14H,15-16H2,1-3H3,(H,26,28). The fourth-order valence-electron chi connectivity index (χ4n) is 3.29.